The second-order valence-electron chi connectivity index (χ2n) is 5.30. The molecule has 1 aromatic carbocycles. The third kappa shape index (κ3) is 4.14. The predicted molar refractivity (Wildman–Crippen MR) is 77.4 cm³/mol. The van der Waals surface area contributed by atoms with Crippen LogP contribution in [0.3, 0.4) is 0 Å². The van der Waals surface area contributed by atoms with Crippen LogP contribution in [-0.2, 0) is 28.6 Å². The third-order valence-electron chi connectivity index (χ3n) is 3.62. The van der Waals surface area contributed by atoms with Gasteiger partial charge in [-0.2, -0.15) is 0 Å². The molecule has 7 nitrogen and oxygen atoms in total. The van der Waals surface area contributed by atoms with Gasteiger partial charge >= 0.3 is 11.9 Å². The Morgan fingerprint density at radius 3 is 2.39 bits per heavy atom. The van der Waals surface area contributed by atoms with Crippen molar-refractivity contribution in [3.8, 4) is 0 Å². The van der Waals surface area contributed by atoms with Crippen LogP contribution in [0.25, 0.3) is 0 Å². The maximum Gasteiger partial charge on any atom is 0.375 e. The van der Waals surface area contributed by atoms with Crippen LogP contribution in [0.5, 0.6) is 0 Å². The van der Waals surface area contributed by atoms with E-state index >= 15 is 0 Å². The fourth-order valence-corrected chi connectivity index (χ4v) is 2.35. The zero-order valence-corrected chi connectivity index (χ0v) is 12.8. The number of carboxylic acid groups (broad SMARTS) is 1. The number of carbonyl (C=O) groups excluding carboxylic acids is 2. The van der Waals surface area contributed by atoms with Crippen molar-refractivity contribution >= 4 is 17.7 Å². The van der Waals surface area contributed by atoms with Crippen LogP contribution >= 0.6 is 0 Å². The Hall–Kier alpha value is -2.25. The third-order valence-corrected chi connectivity index (χ3v) is 3.62. The molecule has 4 atom stereocenters. The van der Waals surface area contributed by atoms with E-state index in [-0.39, 0.29) is 6.61 Å². The molecule has 1 heterocycles. The number of ether oxygens (including phenoxy) is 3. The van der Waals surface area contributed by atoms with E-state index in [0.717, 1.165) is 0 Å². The molecule has 124 valence electrons. The van der Waals surface area contributed by atoms with Crippen LogP contribution in [0.15, 0.2) is 30.3 Å². The Morgan fingerprint density at radius 1 is 1.17 bits per heavy atom. The van der Waals surface area contributed by atoms with Crippen molar-refractivity contribution in [3.05, 3.63) is 35.9 Å². The van der Waals surface area contributed by atoms with Crippen molar-refractivity contribution in [3.63, 3.8) is 0 Å². The minimum absolute atomic E-state index is 0.0768. The summed E-state index contributed by atoms with van der Waals surface area (Å²) in [5.41, 5.74) is 0.649. The van der Waals surface area contributed by atoms with Gasteiger partial charge in [-0.25, -0.2) is 4.79 Å². The summed E-state index contributed by atoms with van der Waals surface area (Å²) in [6, 6.07) is 8.84. The van der Waals surface area contributed by atoms with E-state index in [9.17, 15) is 14.4 Å². The number of aliphatic carboxylic acids is 1. The predicted octanol–water partition coefficient (Wildman–Crippen LogP) is 1.32. The van der Waals surface area contributed by atoms with Crippen molar-refractivity contribution in [2.45, 2.75) is 32.3 Å². The Kier molecular flexibility index (Phi) is 5.46. The first kappa shape index (κ1) is 17.1. The standard InChI is InChI=1S/C16H18O7/c1-9-12(8-21-10(2)17)22-16(11-6-4-3-5-7-11)23-14(9)13(18)15(19)20/h3-7,9,12,14,16H,8H2,1-2H3,(H,19,20)/t9?,12-,14?,16?/m0/s1. The van der Waals surface area contributed by atoms with Gasteiger partial charge in [0.25, 0.3) is 5.78 Å². The van der Waals surface area contributed by atoms with Crippen LogP contribution in [-0.4, -0.2) is 41.6 Å². The second kappa shape index (κ2) is 7.34. The Labute approximate surface area is 133 Å². The summed E-state index contributed by atoms with van der Waals surface area (Å²) >= 11 is 0. The van der Waals surface area contributed by atoms with E-state index in [1.54, 1.807) is 31.2 Å². The van der Waals surface area contributed by atoms with Crippen LogP contribution in [0.4, 0.5) is 0 Å². The Bertz CT molecular complexity index is 583. The van der Waals surface area contributed by atoms with E-state index in [2.05, 4.69) is 0 Å². The molecule has 1 aliphatic heterocycles. The van der Waals surface area contributed by atoms with Gasteiger partial charge in [-0.3, -0.25) is 9.59 Å². The lowest BCUT2D eigenvalue weighted by Gasteiger charge is -2.39. The molecule has 0 bridgehead atoms. The highest BCUT2D eigenvalue weighted by Gasteiger charge is 2.43. The molecule has 1 aliphatic rings. The lowest BCUT2D eigenvalue weighted by atomic mass is 9.93. The van der Waals surface area contributed by atoms with Crippen LogP contribution in [0, 0.1) is 5.92 Å². The Balaban J connectivity index is 2.23. The van der Waals surface area contributed by atoms with Crippen molar-refractivity contribution < 1.29 is 33.7 Å². The van der Waals surface area contributed by atoms with Crippen LogP contribution in [0.2, 0.25) is 0 Å². The average Bonchev–Trinajstić information content (AvgIpc) is 2.53. The number of esters is 1. The first-order chi connectivity index (χ1) is 10.9. The van der Waals surface area contributed by atoms with Gasteiger partial charge in [0.15, 0.2) is 6.29 Å². The highest BCUT2D eigenvalue weighted by atomic mass is 16.7. The fourth-order valence-electron chi connectivity index (χ4n) is 2.35. The van der Waals surface area contributed by atoms with Crippen LogP contribution < -0.4 is 0 Å². The van der Waals surface area contributed by atoms with Crippen molar-refractivity contribution in [1.82, 2.24) is 0 Å². The van der Waals surface area contributed by atoms with E-state index in [1.807, 2.05) is 6.07 Å². The summed E-state index contributed by atoms with van der Waals surface area (Å²) in [7, 11) is 0. The molecule has 1 saturated heterocycles. The number of ketones is 1. The number of hydrogen-bond donors (Lipinski definition) is 1. The maximum absolute atomic E-state index is 11.9. The number of Topliss-reactive ketones (excluding diaryl/α,β-unsaturated/α-hetero) is 1. The monoisotopic (exact) mass is 322 g/mol. The van der Waals surface area contributed by atoms with E-state index < -0.39 is 42.1 Å². The zero-order valence-electron chi connectivity index (χ0n) is 12.8. The lowest BCUT2D eigenvalue weighted by molar-refractivity contribution is -0.271. The highest BCUT2D eigenvalue weighted by molar-refractivity contribution is 6.34. The van der Waals surface area contributed by atoms with Gasteiger partial charge in [-0.15, -0.1) is 0 Å². The minimum Gasteiger partial charge on any atom is -0.475 e. The topological polar surface area (TPSA) is 99.1 Å². The highest BCUT2D eigenvalue weighted by Crippen LogP contribution is 2.34. The van der Waals surface area contributed by atoms with Crippen molar-refractivity contribution in [2.75, 3.05) is 6.61 Å². The molecule has 1 N–H and O–H groups in total. The van der Waals surface area contributed by atoms with E-state index in [4.69, 9.17) is 19.3 Å². The maximum atomic E-state index is 11.9. The molecule has 23 heavy (non-hydrogen) atoms. The van der Waals surface area contributed by atoms with Gasteiger partial charge in [-0.1, -0.05) is 37.3 Å². The molecule has 1 aromatic rings. The number of rotatable bonds is 5. The summed E-state index contributed by atoms with van der Waals surface area (Å²) in [4.78, 5) is 33.9. The Morgan fingerprint density at radius 2 is 1.83 bits per heavy atom. The first-order valence-electron chi connectivity index (χ1n) is 7.16. The van der Waals surface area contributed by atoms with Gasteiger partial charge in [0, 0.05) is 18.4 Å². The molecular weight excluding hydrogens is 304 g/mol. The summed E-state index contributed by atoms with van der Waals surface area (Å²) in [6.45, 7) is 2.81. The van der Waals surface area contributed by atoms with Gasteiger partial charge in [-0.05, 0) is 0 Å². The average molecular weight is 322 g/mol. The quantitative estimate of drug-likeness (QED) is 0.644. The van der Waals surface area contributed by atoms with Gasteiger partial charge < -0.3 is 19.3 Å². The molecule has 2 rings (SSSR count). The number of carboxylic acids is 1. The molecule has 0 saturated carbocycles. The second-order valence-corrected chi connectivity index (χ2v) is 5.30. The van der Waals surface area contributed by atoms with Gasteiger partial charge in [0.05, 0.1) is 0 Å². The SMILES string of the molecule is CC(=O)OC[C@@H]1OC(c2ccccc2)OC(C(=O)C(=O)O)C1C. The lowest BCUT2D eigenvalue weighted by Crippen LogP contribution is -2.49. The molecular formula is C16H18O7. The molecule has 0 radical (unpaired) electrons. The summed E-state index contributed by atoms with van der Waals surface area (Å²) in [5, 5.41) is 8.96. The minimum atomic E-state index is -1.57. The zero-order chi connectivity index (χ0) is 17.0. The summed E-state index contributed by atoms with van der Waals surface area (Å²) in [6.07, 6.45) is -2.72. The molecule has 7 heteroatoms. The van der Waals surface area contributed by atoms with E-state index in [0.29, 0.717) is 5.56 Å². The molecule has 0 aromatic heterocycles. The number of hydrogen-bond acceptors (Lipinski definition) is 6. The summed E-state index contributed by atoms with van der Waals surface area (Å²) < 4.78 is 16.2. The van der Waals surface area contributed by atoms with Crippen molar-refractivity contribution in [2.24, 2.45) is 5.92 Å². The van der Waals surface area contributed by atoms with Crippen molar-refractivity contribution in [1.29, 1.82) is 0 Å². The molecule has 0 amide bonds. The molecule has 3 unspecified atom stereocenters. The van der Waals surface area contributed by atoms with E-state index in [1.165, 1.54) is 6.92 Å². The number of benzene rings is 1. The number of carbonyl (C=O) groups is 3. The van der Waals surface area contributed by atoms with Gasteiger partial charge in [0.2, 0.25) is 0 Å². The molecule has 0 aliphatic carbocycles. The normalized spacial score (nSPS) is 27.2. The smallest absolute Gasteiger partial charge is 0.375 e. The molecule has 1 fully saturated rings. The van der Waals surface area contributed by atoms with Crippen LogP contribution in [0.1, 0.15) is 25.7 Å². The summed E-state index contributed by atoms with van der Waals surface area (Å²) in [5.74, 6) is -3.67. The fraction of sp³-hybridized carbons (Fsp3) is 0.438. The largest absolute Gasteiger partial charge is 0.475 e. The molecule has 0 spiro atoms. The van der Waals surface area contributed by atoms with Gasteiger partial charge in [0.1, 0.15) is 18.8 Å². The first-order valence-corrected chi connectivity index (χ1v) is 7.16.